The van der Waals surface area contributed by atoms with Gasteiger partial charge in [0, 0.05) is 0 Å². The van der Waals surface area contributed by atoms with Crippen LogP contribution in [0.5, 0.6) is 0 Å². The number of aliphatic hydroxyl groups is 1. The Labute approximate surface area is 77.9 Å². The molecule has 0 aromatic rings. The number of hydrogen-bond acceptors (Lipinski definition) is 4. The van der Waals surface area contributed by atoms with Crippen LogP contribution in [-0.4, -0.2) is 35.0 Å². The van der Waals surface area contributed by atoms with E-state index in [4.69, 9.17) is 10.8 Å². The van der Waals surface area contributed by atoms with Crippen LogP contribution >= 0.6 is 0 Å². The van der Waals surface area contributed by atoms with Crippen LogP contribution in [0.25, 0.3) is 0 Å². The van der Waals surface area contributed by atoms with Gasteiger partial charge >= 0.3 is 6.18 Å². The lowest BCUT2D eigenvalue weighted by molar-refractivity contribution is -0.172. The number of carbonyl (C=O) groups excluding carboxylic acids is 2. The van der Waals surface area contributed by atoms with Gasteiger partial charge in [-0.25, -0.2) is 0 Å². The van der Waals surface area contributed by atoms with Crippen molar-refractivity contribution in [1.82, 2.24) is 0 Å². The van der Waals surface area contributed by atoms with Crippen LogP contribution in [0.4, 0.5) is 13.2 Å². The fourth-order valence-corrected chi connectivity index (χ4v) is 0.645. The summed E-state index contributed by atoms with van der Waals surface area (Å²) in [5.41, 5.74) is 5.03. The van der Waals surface area contributed by atoms with Gasteiger partial charge in [-0.05, 0) is 6.92 Å². The molecule has 0 amide bonds. The molecule has 0 aliphatic heterocycles. The number of halogens is 3. The highest BCUT2D eigenvalue weighted by atomic mass is 19.4. The zero-order valence-corrected chi connectivity index (χ0v) is 7.34. The Morgan fingerprint density at radius 1 is 1.43 bits per heavy atom. The van der Waals surface area contributed by atoms with Crippen molar-refractivity contribution in [2.24, 2.45) is 5.73 Å². The van der Waals surface area contributed by atoms with E-state index in [0.717, 1.165) is 6.92 Å². The Morgan fingerprint density at radius 3 is 2.14 bits per heavy atom. The Kier molecular flexibility index (Phi) is 4.21. The van der Waals surface area contributed by atoms with Crippen molar-refractivity contribution in [1.29, 1.82) is 0 Å². The van der Waals surface area contributed by atoms with Gasteiger partial charge in [-0.1, -0.05) is 0 Å². The van der Waals surface area contributed by atoms with Gasteiger partial charge in [0.1, 0.15) is 0 Å². The van der Waals surface area contributed by atoms with Crippen molar-refractivity contribution in [2.45, 2.75) is 31.7 Å². The number of carbonyl (C=O) groups is 2. The van der Waals surface area contributed by atoms with Gasteiger partial charge in [0.25, 0.3) is 0 Å². The van der Waals surface area contributed by atoms with E-state index in [1.165, 1.54) is 0 Å². The summed E-state index contributed by atoms with van der Waals surface area (Å²) in [5.74, 6) is -3.28. The molecule has 0 rings (SSSR count). The molecule has 0 fully saturated rings. The van der Waals surface area contributed by atoms with E-state index in [-0.39, 0.29) is 0 Å². The quantitative estimate of drug-likeness (QED) is 0.633. The predicted molar refractivity (Wildman–Crippen MR) is 40.3 cm³/mol. The molecule has 0 saturated heterocycles. The van der Waals surface area contributed by atoms with Gasteiger partial charge in [-0.15, -0.1) is 0 Å². The van der Waals surface area contributed by atoms with E-state index in [9.17, 15) is 22.8 Å². The molecule has 2 atom stereocenters. The third-order valence-corrected chi connectivity index (χ3v) is 1.54. The van der Waals surface area contributed by atoms with Gasteiger partial charge in [-0.2, -0.15) is 13.2 Å². The van der Waals surface area contributed by atoms with Gasteiger partial charge < -0.3 is 10.8 Å². The maximum atomic E-state index is 11.7. The highest BCUT2D eigenvalue weighted by Crippen LogP contribution is 2.18. The van der Waals surface area contributed by atoms with Gasteiger partial charge in [0.05, 0.1) is 18.6 Å². The maximum absolute atomic E-state index is 11.7. The van der Waals surface area contributed by atoms with Gasteiger partial charge in [0.15, 0.2) is 5.78 Å². The Morgan fingerprint density at radius 2 is 1.86 bits per heavy atom. The van der Waals surface area contributed by atoms with Gasteiger partial charge in [-0.3, -0.25) is 9.59 Å². The molecule has 82 valence electrons. The summed E-state index contributed by atoms with van der Waals surface area (Å²) in [6.45, 7) is 1.15. The van der Waals surface area contributed by atoms with E-state index in [2.05, 4.69) is 0 Å². The minimum atomic E-state index is -5.03. The largest absolute Gasteiger partial charge is 0.450 e. The second-order valence-electron chi connectivity index (χ2n) is 2.83. The standard InChI is InChI=1S/C7H10F3NO3/c1-3(12)6(11)4(13)2-5(14)7(8,9)10/h3,6,12H,2,11H2,1H3. The van der Waals surface area contributed by atoms with E-state index >= 15 is 0 Å². The van der Waals surface area contributed by atoms with Gasteiger partial charge in [0.2, 0.25) is 5.78 Å². The molecule has 3 N–H and O–H groups in total. The number of ketones is 2. The monoisotopic (exact) mass is 213 g/mol. The normalized spacial score (nSPS) is 16.1. The molecule has 2 unspecified atom stereocenters. The summed E-state index contributed by atoms with van der Waals surface area (Å²) in [5, 5.41) is 8.77. The van der Waals surface area contributed by atoms with Crippen molar-refractivity contribution in [2.75, 3.05) is 0 Å². The Hall–Kier alpha value is -0.950. The number of hydrogen-bond donors (Lipinski definition) is 2. The lowest BCUT2D eigenvalue weighted by Crippen LogP contribution is -2.42. The predicted octanol–water partition coefficient (Wildman–Crippen LogP) is -0.215. The second kappa shape index (κ2) is 4.52. The molecule has 0 aromatic carbocycles. The summed E-state index contributed by atoms with van der Waals surface area (Å²) in [4.78, 5) is 21.2. The number of rotatable bonds is 4. The molecule has 0 radical (unpaired) electrons. The van der Waals surface area contributed by atoms with Crippen LogP contribution in [0.2, 0.25) is 0 Å². The topological polar surface area (TPSA) is 80.4 Å². The molecule has 14 heavy (non-hydrogen) atoms. The first-order valence-electron chi connectivity index (χ1n) is 3.72. The first kappa shape index (κ1) is 13.1. The smallest absolute Gasteiger partial charge is 0.391 e. The Bertz CT molecular complexity index is 237. The van der Waals surface area contributed by atoms with Crippen molar-refractivity contribution >= 4 is 11.6 Å². The average Bonchev–Trinajstić information content (AvgIpc) is 2.00. The molecule has 0 saturated carbocycles. The van der Waals surface area contributed by atoms with Crippen LogP contribution in [0.1, 0.15) is 13.3 Å². The zero-order chi connectivity index (χ0) is 11.5. The Balaban J connectivity index is 4.28. The van der Waals surface area contributed by atoms with Crippen LogP contribution in [0.15, 0.2) is 0 Å². The summed E-state index contributed by atoms with van der Waals surface area (Å²) in [6, 6.07) is -1.46. The summed E-state index contributed by atoms with van der Waals surface area (Å²) >= 11 is 0. The minimum absolute atomic E-state index is 1.12. The van der Waals surface area contributed by atoms with E-state index in [1.54, 1.807) is 0 Å². The number of nitrogens with two attached hydrogens (primary N) is 1. The van der Waals surface area contributed by atoms with Crippen molar-refractivity contribution in [3.05, 3.63) is 0 Å². The lowest BCUT2D eigenvalue weighted by atomic mass is 10.0. The number of aliphatic hydroxyl groups excluding tert-OH is 1. The molecule has 4 nitrogen and oxygen atoms in total. The highest BCUT2D eigenvalue weighted by molar-refractivity contribution is 6.03. The van der Waals surface area contributed by atoms with Crippen LogP contribution < -0.4 is 5.73 Å². The van der Waals surface area contributed by atoms with Crippen LogP contribution in [0, 0.1) is 0 Å². The molecule has 0 bridgehead atoms. The molecule has 7 heteroatoms. The summed E-state index contributed by atoms with van der Waals surface area (Å²) in [6.07, 6.45) is -7.63. The molecule has 0 aliphatic rings. The highest BCUT2D eigenvalue weighted by Gasteiger charge is 2.40. The third kappa shape index (κ3) is 3.84. The van der Waals surface area contributed by atoms with E-state index < -0.39 is 36.3 Å². The maximum Gasteiger partial charge on any atom is 0.450 e. The third-order valence-electron chi connectivity index (χ3n) is 1.54. The van der Waals surface area contributed by atoms with E-state index in [1.807, 2.05) is 0 Å². The molecular formula is C7H10F3NO3. The zero-order valence-electron chi connectivity index (χ0n) is 7.34. The van der Waals surface area contributed by atoms with Crippen molar-refractivity contribution in [3.8, 4) is 0 Å². The van der Waals surface area contributed by atoms with Crippen LogP contribution in [0.3, 0.4) is 0 Å². The molecule has 0 heterocycles. The fraction of sp³-hybridized carbons (Fsp3) is 0.714. The first-order valence-corrected chi connectivity index (χ1v) is 3.72. The number of Topliss-reactive ketones (excluding diaryl/α,β-unsaturated/α-hetero) is 2. The molecule has 0 spiro atoms. The second-order valence-corrected chi connectivity index (χ2v) is 2.83. The van der Waals surface area contributed by atoms with Crippen LogP contribution in [-0.2, 0) is 9.59 Å². The van der Waals surface area contributed by atoms with Crippen molar-refractivity contribution in [3.63, 3.8) is 0 Å². The summed E-state index contributed by atoms with van der Waals surface area (Å²) in [7, 11) is 0. The van der Waals surface area contributed by atoms with E-state index in [0.29, 0.717) is 0 Å². The lowest BCUT2D eigenvalue weighted by Gasteiger charge is -2.13. The first-order chi connectivity index (χ1) is 6.16. The van der Waals surface area contributed by atoms with Crippen molar-refractivity contribution < 1.29 is 27.9 Å². The molecule has 0 aromatic heterocycles. The fourth-order valence-electron chi connectivity index (χ4n) is 0.645. The summed E-state index contributed by atoms with van der Waals surface area (Å²) < 4.78 is 35.0. The SMILES string of the molecule is CC(O)C(N)C(=O)CC(=O)C(F)(F)F. The average molecular weight is 213 g/mol. The minimum Gasteiger partial charge on any atom is -0.391 e. The number of alkyl halides is 3. The molecular weight excluding hydrogens is 203 g/mol. The molecule has 0 aliphatic carbocycles.